The minimum atomic E-state index is -0.203. The third kappa shape index (κ3) is 3.26. The van der Waals surface area contributed by atoms with Crippen LogP contribution in [0.2, 0.25) is 0 Å². The van der Waals surface area contributed by atoms with Crippen molar-refractivity contribution < 1.29 is 9.59 Å². The molecular formula is C19H20N4O2. The zero-order valence-corrected chi connectivity index (χ0v) is 14.2. The van der Waals surface area contributed by atoms with Gasteiger partial charge in [0.15, 0.2) is 0 Å². The molecule has 128 valence electrons. The lowest BCUT2D eigenvalue weighted by molar-refractivity contribution is -0.140. The van der Waals surface area contributed by atoms with Crippen LogP contribution in [0.5, 0.6) is 0 Å². The van der Waals surface area contributed by atoms with Gasteiger partial charge in [-0.25, -0.2) is 9.69 Å². The summed E-state index contributed by atoms with van der Waals surface area (Å²) in [6.45, 7) is 2.92. The average molecular weight is 336 g/mol. The van der Waals surface area contributed by atoms with Crippen molar-refractivity contribution in [1.82, 2.24) is 19.8 Å². The number of hydrazine groups is 1. The smallest absolute Gasteiger partial charge is 0.273 e. The second-order valence-electron chi connectivity index (χ2n) is 5.89. The molecule has 0 aliphatic carbocycles. The Kier molecular flexibility index (Phi) is 4.85. The van der Waals surface area contributed by atoms with E-state index in [1.54, 1.807) is 10.9 Å². The van der Waals surface area contributed by atoms with E-state index in [4.69, 9.17) is 6.42 Å². The van der Waals surface area contributed by atoms with Crippen molar-refractivity contribution in [1.29, 1.82) is 0 Å². The predicted molar refractivity (Wildman–Crippen MR) is 93.7 cm³/mol. The van der Waals surface area contributed by atoms with E-state index in [-0.39, 0.29) is 18.2 Å². The van der Waals surface area contributed by atoms with Gasteiger partial charge in [0.05, 0.1) is 23.1 Å². The Morgan fingerprint density at radius 1 is 1.20 bits per heavy atom. The Morgan fingerprint density at radius 3 is 2.64 bits per heavy atom. The lowest BCUT2D eigenvalue weighted by Crippen LogP contribution is -2.44. The van der Waals surface area contributed by atoms with Crippen molar-refractivity contribution in [2.24, 2.45) is 0 Å². The molecule has 6 nitrogen and oxygen atoms in total. The monoisotopic (exact) mass is 336 g/mol. The molecule has 0 atom stereocenters. The number of aromatic nitrogens is 2. The van der Waals surface area contributed by atoms with Gasteiger partial charge in [0.2, 0.25) is 5.91 Å². The summed E-state index contributed by atoms with van der Waals surface area (Å²) >= 11 is 0. The van der Waals surface area contributed by atoms with E-state index in [0.717, 1.165) is 17.8 Å². The highest BCUT2D eigenvalue weighted by molar-refractivity contribution is 5.96. The van der Waals surface area contributed by atoms with Crippen LogP contribution in [0.25, 0.3) is 5.69 Å². The minimum absolute atomic E-state index is 0.114. The van der Waals surface area contributed by atoms with Crippen LogP contribution in [0.4, 0.5) is 0 Å². The summed E-state index contributed by atoms with van der Waals surface area (Å²) in [7, 11) is 0. The number of rotatable bonds is 4. The van der Waals surface area contributed by atoms with Crippen molar-refractivity contribution in [2.45, 2.75) is 26.2 Å². The minimum Gasteiger partial charge on any atom is -0.273 e. The Hall–Kier alpha value is -3.07. The quantitative estimate of drug-likeness (QED) is 0.804. The molecule has 0 bridgehead atoms. The normalized spacial score (nSPS) is 13.8. The molecule has 0 saturated carbocycles. The Bertz CT molecular complexity index is 820. The molecule has 0 radical (unpaired) electrons. The lowest BCUT2D eigenvalue weighted by atomic mass is 10.2. The van der Waals surface area contributed by atoms with E-state index in [9.17, 15) is 9.59 Å². The highest BCUT2D eigenvalue weighted by Crippen LogP contribution is 2.20. The Labute approximate surface area is 147 Å². The van der Waals surface area contributed by atoms with Crippen molar-refractivity contribution in [3.05, 3.63) is 47.8 Å². The number of hydrogen-bond acceptors (Lipinski definition) is 3. The zero-order valence-electron chi connectivity index (χ0n) is 14.2. The van der Waals surface area contributed by atoms with E-state index in [1.807, 2.05) is 37.3 Å². The van der Waals surface area contributed by atoms with E-state index >= 15 is 0 Å². The van der Waals surface area contributed by atoms with Gasteiger partial charge in [0, 0.05) is 25.9 Å². The summed E-state index contributed by atoms with van der Waals surface area (Å²) < 4.78 is 1.73. The van der Waals surface area contributed by atoms with E-state index in [1.165, 1.54) is 10.0 Å². The lowest BCUT2D eigenvalue weighted by Gasteiger charge is -2.27. The van der Waals surface area contributed by atoms with Gasteiger partial charge in [-0.2, -0.15) is 5.10 Å². The first kappa shape index (κ1) is 16.8. The second kappa shape index (κ2) is 7.22. The van der Waals surface area contributed by atoms with Crippen molar-refractivity contribution in [2.75, 3.05) is 13.1 Å². The first-order chi connectivity index (χ1) is 12.1. The molecule has 2 amide bonds. The zero-order chi connectivity index (χ0) is 17.8. The molecule has 1 aromatic carbocycles. The summed E-state index contributed by atoms with van der Waals surface area (Å²) in [4.78, 5) is 25.2. The molecule has 0 unspecified atom stereocenters. The number of amides is 2. The maximum Gasteiger partial charge on any atom is 0.275 e. The third-order valence-corrected chi connectivity index (χ3v) is 4.28. The molecule has 1 aliphatic rings. The number of nitrogens with zero attached hydrogens (tertiary/aromatic N) is 4. The molecule has 3 rings (SSSR count). The van der Waals surface area contributed by atoms with Crippen LogP contribution < -0.4 is 0 Å². The van der Waals surface area contributed by atoms with Gasteiger partial charge >= 0.3 is 0 Å². The van der Waals surface area contributed by atoms with Crippen molar-refractivity contribution in [3.8, 4) is 18.0 Å². The fourth-order valence-corrected chi connectivity index (χ4v) is 2.98. The molecule has 0 N–H and O–H groups in total. The molecule has 1 aliphatic heterocycles. The molecular weight excluding hydrogens is 316 g/mol. The van der Waals surface area contributed by atoms with Crippen LogP contribution in [0.3, 0.4) is 0 Å². The van der Waals surface area contributed by atoms with Gasteiger partial charge in [0.25, 0.3) is 5.91 Å². The average Bonchev–Trinajstić information content (AvgIpc) is 3.27. The number of carbonyl (C=O) groups is 2. The fraction of sp³-hybridized carbons (Fsp3) is 0.316. The van der Waals surface area contributed by atoms with Crippen molar-refractivity contribution in [3.63, 3.8) is 0 Å². The SMILES string of the molecule is C#CCCC(=O)N1CCCN1C(=O)c1cnn(-c2ccccc2)c1C. The number of carbonyl (C=O) groups excluding carboxylic acids is 2. The van der Waals surface area contributed by atoms with Gasteiger partial charge < -0.3 is 0 Å². The molecule has 6 heteroatoms. The highest BCUT2D eigenvalue weighted by Gasteiger charge is 2.32. The van der Waals surface area contributed by atoms with Gasteiger partial charge in [0.1, 0.15) is 0 Å². The molecule has 2 aromatic rings. The topological polar surface area (TPSA) is 58.4 Å². The summed E-state index contributed by atoms with van der Waals surface area (Å²) in [5.41, 5.74) is 2.14. The van der Waals surface area contributed by atoms with Gasteiger partial charge in [-0.3, -0.25) is 14.6 Å². The van der Waals surface area contributed by atoms with E-state index in [2.05, 4.69) is 11.0 Å². The molecule has 25 heavy (non-hydrogen) atoms. The maximum atomic E-state index is 12.9. The van der Waals surface area contributed by atoms with Crippen LogP contribution >= 0.6 is 0 Å². The second-order valence-corrected chi connectivity index (χ2v) is 5.89. The standard InChI is InChI=1S/C19H20N4O2/c1-3-4-11-18(24)21-12-8-13-22(21)19(25)17-14-20-23(15(17)2)16-9-6-5-7-10-16/h1,5-7,9-10,14H,4,8,11-13H2,2H3. The first-order valence-electron chi connectivity index (χ1n) is 8.29. The van der Waals surface area contributed by atoms with E-state index in [0.29, 0.717) is 25.1 Å². The predicted octanol–water partition coefficient (Wildman–Crippen LogP) is 2.18. The molecule has 2 heterocycles. The van der Waals surface area contributed by atoms with Gasteiger partial charge in [-0.1, -0.05) is 18.2 Å². The number of benzene rings is 1. The van der Waals surface area contributed by atoms with Gasteiger partial charge in [-0.05, 0) is 25.5 Å². The summed E-state index contributed by atoms with van der Waals surface area (Å²) in [6.07, 6.45) is 8.18. The Morgan fingerprint density at radius 2 is 1.92 bits per heavy atom. The number of para-hydroxylation sites is 1. The van der Waals surface area contributed by atoms with Crippen LogP contribution in [-0.4, -0.2) is 44.7 Å². The van der Waals surface area contributed by atoms with Gasteiger partial charge in [-0.15, -0.1) is 12.3 Å². The largest absolute Gasteiger partial charge is 0.275 e. The summed E-state index contributed by atoms with van der Waals surface area (Å²) in [5, 5.41) is 7.36. The summed E-state index contributed by atoms with van der Waals surface area (Å²) in [6, 6.07) is 9.63. The van der Waals surface area contributed by atoms with Crippen LogP contribution in [0.15, 0.2) is 36.5 Å². The molecule has 0 spiro atoms. The van der Waals surface area contributed by atoms with Crippen molar-refractivity contribution >= 4 is 11.8 Å². The Balaban J connectivity index is 1.83. The molecule has 1 aromatic heterocycles. The maximum absolute atomic E-state index is 12.9. The first-order valence-corrected chi connectivity index (χ1v) is 8.29. The molecule has 1 saturated heterocycles. The van der Waals surface area contributed by atoms with Crippen LogP contribution in [0.1, 0.15) is 35.3 Å². The number of hydrogen-bond donors (Lipinski definition) is 0. The van der Waals surface area contributed by atoms with Crippen LogP contribution in [-0.2, 0) is 4.79 Å². The third-order valence-electron chi connectivity index (χ3n) is 4.28. The fourth-order valence-electron chi connectivity index (χ4n) is 2.98. The van der Waals surface area contributed by atoms with Crippen LogP contribution in [0, 0.1) is 19.3 Å². The van der Waals surface area contributed by atoms with E-state index < -0.39 is 0 Å². The summed E-state index contributed by atoms with van der Waals surface area (Å²) in [5.74, 6) is 2.15. The number of terminal acetylenes is 1. The highest BCUT2D eigenvalue weighted by atomic mass is 16.2. The molecule has 1 fully saturated rings.